The Labute approximate surface area is 144 Å². The van der Waals surface area contributed by atoms with Gasteiger partial charge in [-0.25, -0.2) is 13.1 Å². The second-order valence-corrected chi connectivity index (χ2v) is 8.25. The van der Waals surface area contributed by atoms with E-state index in [2.05, 4.69) is 14.9 Å². The first-order valence-corrected chi connectivity index (χ1v) is 10.00. The van der Waals surface area contributed by atoms with Crippen LogP contribution in [0.15, 0.2) is 29.2 Å². The van der Waals surface area contributed by atoms with E-state index in [0.29, 0.717) is 12.2 Å². The molecule has 1 aliphatic rings. The number of amides is 1. The number of hydrogen-bond acceptors (Lipinski definition) is 4. The van der Waals surface area contributed by atoms with Crippen molar-refractivity contribution in [2.75, 3.05) is 25.0 Å². The van der Waals surface area contributed by atoms with Crippen molar-refractivity contribution in [3.63, 3.8) is 0 Å². The molecule has 0 unspecified atom stereocenters. The lowest BCUT2D eigenvalue weighted by Gasteiger charge is -2.19. The quantitative estimate of drug-likeness (QED) is 0.822. The number of nitrogens with one attached hydrogen (secondary N) is 2. The summed E-state index contributed by atoms with van der Waals surface area (Å²) in [6.45, 7) is 5.86. The normalized spacial score (nSPS) is 16.8. The lowest BCUT2D eigenvalue weighted by atomic mass is 10.2. The highest BCUT2D eigenvalue weighted by Crippen LogP contribution is 2.15. The third-order valence-corrected chi connectivity index (χ3v) is 5.58. The lowest BCUT2D eigenvalue weighted by molar-refractivity contribution is -0.117. The van der Waals surface area contributed by atoms with E-state index >= 15 is 0 Å². The largest absolute Gasteiger partial charge is 0.325 e. The van der Waals surface area contributed by atoms with Gasteiger partial charge in [0.2, 0.25) is 15.9 Å². The van der Waals surface area contributed by atoms with Crippen LogP contribution in [0.1, 0.15) is 39.5 Å². The van der Waals surface area contributed by atoms with Crippen molar-refractivity contribution in [3.05, 3.63) is 24.3 Å². The van der Waals surface area contributed by atoms with E-state index in [1.165, 1.54) is 25.0 Å². The Hall–Kier alpha value is -1.44. The van der Waals surface area contributed by atoms with Crippen LogP contribution in [0.5, 0.6) is 0 Å². The molecule has 6 nitrogen and oxygen atoms in total. The Morgan fingerprint density at radius 2 is 1.67 bits per heavy atom. The van der Waals surface area contributed by atoms with Crippen LogP contribution in [0.4, 0.5) is 5.69 Å². The summed E-state index contributed by atoms with van der Waals surface area (Å²) in [5.41, 5.74) is 0.610. The first-order valence-electron chi connectivity index (χ1n) is 8.51. The van der Waals surface area contributed by atoms with Crippen LogP contribution in [-0.4, -0.2) is 44.9 Å². The molecule has 0 atom stereocenters. The second-order valence-electron chi connectivity index (χ2n) is 6.54. The predicted octanol–water partition coefficient (Wildman–Crippen LogP) is 2.19. The van der Waals surface area contributed by atoms with Gasteiger partial charge in [0, 0.05) is 11.7 Å². The Bertz CT molecular complexity index is 634. The number of anilines is 1. The van der Waals surface area contributed by atoms with Gasteiger partial charge < -0.3 is 5.32 Å². The highest BCUT2D eigenvalue weighted by Gasteiger charge is 2.16. The molecule has 1 saturated heterocycles. The Balaban J connectivity index is 1.92. The molecule has 0 saturated carbocycles. The van der Waals surface area contributed by atoms with Crippen molar-refractivity contribution in [2.24, 2.45) is 0 Å². The van der Waals surface area contributed by atoms with Gasteiger partial charge in [0.05, 0.1) is 11.4 Å². The van der Waals surface area contributed by atoms with Crippen molar-refractivity contribution in [2.45, 2.75) is 50.5 Å². The van der Waals surface area contributed by atoms with Crippen LogP contribution in [0, 0.1) is 0 Å². The molecule has 0 aliphatic carbocycles. The Morgan fingerprint density at radius 3 is 2.21 bits per heavy atom. The standard InChI is InChI=1S/C17H27N3O3S/c1-14(2)19-24(22,23)16-9-7-15(8-10-16)18-17(21)13-20-11-5-3-4-6-12-20/h7-10,14,19H,3-6,11-13H2,1-2H3,(H,18,21). The molecule has 1 fully saturated rings. The van der Waals surface area contributed by atoms with E-state index in [0.717, 1.165) is 25.9 Å². The number of likely N-dealkylation sites (tertiary alicyclic amines) is 1. The number of sulfonamides is 1. The molecule has 2 N–H and O–H groups in total. The van der Waals surface area contributed by atoms with Gasteiger partial charge in [-0.1, -0.05) is 12.8 Å². The minimum absolute atomic E-state index is 0.0622. The van der Waals surface area contributed by atoms with E-state index in [9.17, 15) is 13.2 Å². The molecule has 1 heterocycles. The smallest absolute Gasteiger partial charge is 0.240 e. The second kappa shape index (κ2) is 8.60. The number of rotatable bonds is 6. The van der Waals surface area contributed by atoms with Crippen LogP contribution >= 0.6 is 0 Å². The molecular formula is C17H27N3O3S. The molecule has 7 heteroatoms. The van der Waals surface area contributed by atoms with Crippen LogP contribution < -0.4 is 10.0 Å². The monoisotopic (exact) mass is 353 g/mol. The van der Waals surface area contributed by atoms with Crippen molar-refractivity contribution in [1.82, 2.24) is 9.62 Å². The first kappa shape index (κ1) is 18.9. The predicted molar refractivity (Wildman–Crippen MR) is 95.4 cm³/mol. The Kier molecular flexibility index (Phi) is 6.77. The maximum Gasteiger partial charge on any atom is 0.240 e. The first-order chi connectivity index (χ1) is 11.4. The molecule has 1 aromatic carbocycles. The fourth-order valence-electron chi connectivity index (χ4n) is 2.79. The molecule has 0 bridgehead atoms. The van der Waals surface area contributed by atoms with Gasteiger partial charge in [-0.15, -0.1) is 0 Å². The zero-order valence-electron chi connectivity index (χ0n) is 14.4. The third-order valence-electron chi connectivity index (χ3n) is 3.91. The van der Waals surface area contributed by atoms with Crippen LogP contribution in [0.2, 0.25) is 0 Å². The molecule has 0 radical (unpaired) electrons. The van der Waals surface area contributed by atoms with Crippen LogP contribution in [0.3, 0.4) is 0 Å². The maximum atomic E-state index is 12.1. The van der Waals surface area contributed by atoms with E-state index in [1.54, 1.807) is 26.0 Å². The van der Waals surface area contributed by atoms with Crippen molar-refractivity contribution < 1.29 is 13.2 Å². The highest BCUT2D eigenvalue weighted by atomic mass is 32.2. The number of carbonyl (C=O) groups is 1. The van der Waals surface area contributed by atoms with Gasteiger partial charge in [0.25, 0.3) is 0 Å². The van der Waals surface area contributed by atoms with E-state index in [-0.39, 0.29) is 16.8 Å². The topological polar surface area (TPSA) is 78.5 Å². The van der Waals surface area contributed by atoms with Gasteiger partial charge in [0.1, 0.15) is 0 Å². The van der Waals surface area contributed by atoms with E-state index in [4.69, 9.17) is 0 Å². The molecule has 0 aromatic heterocycles. The summed E-state index contributed by atoms with van der Waals surface area (Å²) in [4.78, 5) is 14.5. The minimum Gasteiger partial charge on any atom is -0.325 e. The number of hydrogen-bond donors (Lipinski definition) is 2. The zero-order chi connectivity index (χ0) is 17.6. The SMILES string of the molecule is CC(C)NS(=O)(=O)c1ccc(NC(=O)CN2CCCCCC2)cc1. The van der Waals surface area contributed by atoms with Gasteiger partial charge >= 0.3 is 0 Å². The number of benzene rings is 1. The summed E-state index contributed by atoms with van der Waals surface area (Å²) in [5.74, 6) is -0.0622. The van der Waals surface area contributed by atoms with Gasteiger partial charge in [0.15, 0.2) is 0 Å². The highest BCUT2D eigenvalue weighted by molar-refractivity contribution is 7.89. The number of nitrogens with zero attached hydrogens (tertiary/aromatic N) is 1. The zero-order valence-corrected chi connectivity index (χ0v) is 15.2. The van der Waals surface area contributed by atoms with Crippen molar-refractivity contribution >= 4 is 21.6 Å². The van der Waals surface area contributed by atoms with Crippen molar-refractivity contribution in [3.8, 4) is 0 Å². The molecule has 24 heavy (non-hydrogen) atoms. The molecule has 1 amide bonds. The summed E-state index contributed by atoms with van der Waals surface area (Å²) in [7, 11) is -3.50. The van der Waals surface area contributed by atoms with Gasteiger partial charge in [-0.2, -0.15) is 0 Å². The molecular weight excluding hydrogens is 326 g/mol. The van der Waals surface area contributed by atoms with E-state index < -0.39 is 10.0 Å². The number of carbonyl (C=O) groups excluding carboxylic acids is 1. The summed E-state index contributed by atoms with van der Waals surface area (Å²) in [5, 5.41) is 2.83. The molecule has 2 rings (SSSR count). The van der Waals surface area contributed by atoms with Crippen molar-refractivity contribution in [1.29, 1.82) is 0 Å². The summed E-state index contributed by atoms with van der Waals surface area (Å²) in [6, 6.07) is 6.09. The van der Waals surface area contributed by atoms with Gasteiger partial charge in [-0.3, -0.25) is 9.69 Å². The fourth-order valence-corrected chi connectivity index (χ4v) is 4.04. The average molecular weight is 353 g/mol. The summed E-state index contributed by atoms with van der Waals surface area (Å²) < 4.78 is 26.7. The minimum atomic E-state index is -3.50. The average Bonchev–Trinajstić information content (AvgIpc) is 2.75. The van der Waals surface area contributed by atoms with E-state index in [1.807, 2.05) is 0 Å². The maximum absolute atomic E-state index is 12.1. The van der Waals surface area contributed by atoms with Crippen LogP contribution in [0.25, 0.3) is 0 Å². The lowest BCUT2D eigenvalue weighted by Crippen LogP contribution is -2.34. The molecule has 134 valence electrons. The molecule has 0 spiro atoms. The van der Waals surface area contributed by atoms with Crippen LogP contribution in [-0.2, 0) is 14.8 Å². The summed E-state index contributed by atoms with van der Waals surface area (Å²) in [6.07, 6.45) is 4.75. The third kappa shape index (κ3) is 5.89. The molecule has 1 aliphatic heterocycles. The van der Waals surface area contributed by atoms with Gasteiger partial charge in [-0.05, 0) is 64.0 Å². The Morgan fingerprint density at radius 1 is 1.08 bits per heavy atom. The fraction of sp³-hybridized carbons (Fsp3) is 0.588. The molecule has 1 aromatic rings. The summed E-state index contributed by atoms with van der Waals surface area (Å²) >= 11 is 0.